The van der Waals surface area contributed by atoms with Gasteiger partial charge in [0.15, 0.2) is 0 Å². The van der Waals surface area contributed by atoms with Crippen molar-refractivity contribution < 1.29 is 19.0 Å². The number of nitrogens with zero attached hydrogens (tertiary/aromatic N) is 5. The summed E-state index contributed by atoms with van der Waals surface area (Å²) in [5, 5.41) is 9.46. The minimum absolute atomic E-state index is 0.0594. The summed E-state index contributed by atoms with van der Waals surface area (Å²) in [6, 6.07) is 12.4. The van der Waals surface area contributed by atoms with E-state index in [-0.39, 0.29) is 21.3 Å². The second-order valence-electron chi connectivity index (χ2n) is 7.80. The zero-order chi connectivity index (χ0) is 23.2. The molecule has 10 heteroatoms. The fourth-order valence-electron chi connectivity index (χ4n) is 3.26. The number of carbonyl (C=O) groups is 1. The Morgan fingerprint density at radius 3 is 2.70 bits per heavy atom. The van der Waals surface area contributed by atoms with E-state index in [1.54, 1.807) is 23.3 Å². The van der Waals surface area contributed by atoms with Crippen LogP contribution in [0.25, 0.3) is 22.2 Å². The molecular formula is C23H26N5O4Si. The fraction of sp³-hybridized carbons (Fsp3) is 0.304. The average molecular weight is 465 g/mol. The Kier molecular flexibility index (Phi) is 7.15. The van der Waals surface area contributed by atoms with E-state index in [2.05, 4.69) is 28.3 Å². The van der Waals surface area contributed by atoms with Gasteiger partial charge in [0.1, 0.15) is 19.0 Å². The molecular weight excluding hydrogens is 438 g/mol. The Hall–Kier alpha value is -3.50. The molecule has 1 radical (unpaired) electrons. The number of aromatic nitrogens is 5. The number of benzene rings is 1. The number of esters is 1. The SMILES string of the molecule is COC(=O)Cn1ncc2cc(Oc3ccc(-c4ccnn4COCC[Si](C)C)cn3)ccc21. The lowest BCUT2D eigenvalue weighted by molar-refractivity contribution is -0.141. The molecule has 0 unspecified atom stereocenters. The summed E-state index contributed by atoms with van der Waals surface area (Å²) in [4.78, 5) is 16.0. The molecule has 0 N–H and O–H groups in total. The van der Waals surface area contributed by atoms with Crippen LogP contribution in [-0.2, 0) is 27.5 Å². The van der Waals surface area contributed by atoms with Crippen molar-refractivity contribution in [1.82, 2.24) is 24.5 Å². The maximum atomic E-state index is 11.5. The van der Waals surface area contributed by atoms with Crippen molar-refractivity contribution in [3.05, 3.63) is 55.0 Å². The highest BCUT2D eigenvalue weighted by atomic mass is 28.3. The summed E-state index contributed by atoms with van der Waals surface area (Å²) < 4.78 is 19.8. The van der Waals surface area contributed by atoms with Gasteiger partial charge in [-0.3, -0.25) is 9.48 Å². The molecule has 3 aromatic heterocycles. The van der Waals surface area contributed by atoms with Gasteiger partial charge in [-0.15, -0.1) is 0 Å². The summed E-state index contributed by atoms with van der Waals surface area (Å²) in [5.74, 6) is 0.754. The Morgan fingerprint density at radius 1 is 1.06 bits per heavy atom. The number of hydrogen-bond acceptors (Lipinski definition) is 7. The normalized spacial score (nSPS) is 11.3. The molecule has 4 rings (SSSR count). The average Bonchev–Trinajstić information content (AvgIpc) is 3.44. The van der Waals surface area contributed by atoms with Gasteiger partial charge in [-0.05, 0) is 36.4 Å². The van der Waals surface area contributed by atoms with Crippen molar-refractivity contribution in [3.8, 4) is 22.9 Å². The van der Waals surface area contributed by atoms with Gasteiger partial charge in [0.2, 0.25) is 5.88 Å². The van der Waals surface area contributed by atoms with Gasteiger partial charge in [0.05, 0.1) is 24.5 Å². The summed E-state index contributed by atoms with van der Waals surface area (Å²) in [6.07, 6.45) is 5.20. The number of ether oxygens (including phenoxy) is 3. The van der Waals surface area contributed by atoms with Crippen LogP contribution in [0.2, 0.25) is 19.1 Å². The molecule has 0 spiro atoms. The van der Waals surface area contributed by atoms with Crippen LogP contribution in [0, 0.1) is 0 Å². The van der Waals surface area contributed by atoms with Crippen molar-refractivity contribution in [2.24, 2.45) is 0 Å². The van der Waals surface area contributed by atoms with E-state index in [4.69, 9.17) is 14.2 Å². The first kappa shape index (κ1) is 22.7. The van der Waals surface area contributed by atoms with Crippen molar-refractivity contribution in [2.75, 3.05) is 13.7 Å². The number of fused-ring (bicyclic) bond motifs is 1. The van der Waals surface area contributed by atoms with Crippen LogP contribution >= 0.6 is 0 Å². The van der Waals surface area contributed by atoms with Crippen LogP contribution in [0.3, 0.4) is 0 Å². The molecule has 0 aliphatic rings. The highest BCUT2D eigenvalue weighted by molar-refractivity contribution is 6.55. The van der Waals surface area contributed by atoms with Crippen LogP contribution < -0.4 is 4.74 Å². The van der Waals surface area contributed by atoms with E-state index in [0.717, 1.165) is 34.8 Å². The summed E-state index contributed by atoms with van der Waals surface area (Å²) >= 11 is 0. The van der Waals surface area contributed by atoms with E-state index in [1.165, 1.54) is 7.11 Å². The Morgan fingerprint density at radius 2 is 1.94 bits per heavy atom. The first-order chi connectivity index (χ1) is 16.0. The third-order valence-corrected chi connectivity index (χ3v) is 6.25. The van der Waals surface area contributed by atoms with Gasteiger partial charge in [-0.1, -0.05) is 13.1 Å². The van der Waals surface area contributed by atoms with Crippen LogP contribution in [0.1, 0.15) is 0 Å². The minimum Gasteiger partial charge on any atom is -0.468 e. The second-order valence-corrected chi connectivity index (χ2v) is 10.7. The fourth-order valence-corrected chi connectivity index (χ4v) is 3.82. The quantitative estimate of drug-likeness (QED) is 0.199. The lowest BCUT2D eigenvalue weighted by Crippen LogP contribution is -2.12. The minimum atomic E-state index is -0.353. The molecule has 0 atom stereocenters. The van der Waals surface area contributed by atoms with Crippen molar-refractivity contribution in [3.63, 3.8) is 0 Å². The van der Waals surface area contributed by atoms with Gasteiger partial charge in [-0.25, -0.2) is 9.67 Å². The van der Waals surface area contributed by atoms with E-state index in [0.29, 0.717) is 18.4 Å². The molecule has 0 amide bonds. The molecule has 4 aromatic rings. The summed E-state index contributed by atoms with van der Waals surface area (Å²) in [6.45, 7) is 5.78. The molecule has 3 heterocycles. The highest BCUT2D eigenvalue weighted by Gasteiger charge is 2.10. The topological polar surface area (TPSA) is 93.3 Å². The standard InChI is InChI=1S/C23H26N5O4Si/c1-30-23(29)15-27-20-6-5-19(12-18(20)14-26-27)32-22-7-4-17(13-24-22)21-8-9-25-28(21)16-31-10-11-33(2)3/h4-9,12-14H,10-11,15-16H2,1-3H3. The van der Waals surface area contributed by atoms with Gasteiger partial charge in [0.25, 0.3) is 0 Å². The molecule has 0 saturated carbocycles. The molecule has 0 saturated heterocycles. The second kappa shape index (κ2) is 10.4. The Balaban J connectivity index is 1.42. The molecule has 0 bridgehead atoms. The van der Waals surface area contributed by atoms with Crippen LogP contribution in [0.15, 0.2) is 55.0 Å². The summed E-state index contributed by atoms with van der Waals surface area (Å²) in [5.41, 5.74) is 2.69. The molecule has 1 aromatic carbocycles. The van der Waals surface area contributed by atoms with Crippen LogP contribution in [0.5, 0.6) is 11.6 Å². The lowest BCUT2D eigenvalue weighted by atomic mass is 10.2. The van der Waals surface area contributed by atoms with Crippen molar-refractivity contribution in [2.45, 2.75) is 32.4 Å². The Labute approximate surface area is 193 Å². The lowest BCUT2D eigenvalue weighted by Gasteiger charge is -2.10. The van der Waals surface area contributed by atoms with E-state index in [1.807, 2.05) is 41.1 Å². The van der Waals surface area contributed by atoms with Crippen LogP contribution in [-0.4, -0.2) is 53.0 Å². The van der Waals surface area contributed by atoms with Crippen LogP contribution in [0.4, 0.5) is 0 Å². The molecule has 0 aliphatic heterocycles. The van der Waals surface area contributed by atoms with E-state index < -0.39 is 0 Å². The summed E-state index contributed by atoms with van der Waals surface area (Å²) in [7, 11) is 1.07. The van der Waals surface area contributed by atoms with E-state index >= 15 is 0 Å². The highest BCUT2D eigenvalue weighted by Crippen LogP contribution is 2.26. The molecule has 0 aliphatic carbocycles. The van der Waals surface area contributed by atoms with Gasteiger partial charge >= 0.3 is 5.97 Å². The molecule has 9 nitrogen and oxygen atoms in total. The zero-order valence-corrected chi connectivity index (χ0v) is 19.9. The van der Waals surface area contributed by atoms with E-state index in [9.17, 15) is 4.79 Å². The zero-order valence-electron chi connectivity index (χ0n) is 18.9. The first-order valence-electron chi connectivity index (χ1n) is 10.6. The van der Waals surface area contributed by atoms with Gasteiger partial charge in [-0.2, -0.15) is 10.2 Å². The molecule has 33 heavy (non-hydrogen) atoms. The number of pyridine rings is 1. The van der Waals surface area contributed by atoms with Crippen molar-refractivity contribution >= 4 is 25.7 Å². The smallest absolute Gasteiger partial charge is 0.327 e. The first-order valence-corrected chi connectivity index (χ1v) is 13.3. The largest absolute Gasteiger partial charge is 0.468 e. The number of methoxy groups -OCH3 is 1. The Bertz CT molecular complexity index is 1220. The van der Waals surface area contributed by atoms with Crippen molar-refractivity contribution in [1.29, 1.82) is 0 Å². The molecule has 171 valence electrons. The van der Waals surface area contributed by atoms with Gasteiger partial charge in [0, 0.05) is 44.8 Å². The predicted molar refractivity (Wildman–Crippen MR) is 126 cm³/mol. The predicted octanol–water partition coefficient (Wildman–Crippen LogP) is 3.99. The van der Waals surface area contributed by atoms with Gasteiger partial charge < -0.3 is 14.2 Å². The monoisotopic (exact) mass is 464 g/mol. The number of carbonyl (C=O) groups excluding carboxylic acids is 1. The number of hydrogen-bond donors (Lipinski definition) is 0. The maximum absolute atomic E-state index is 11.5. The maximum Gasteiger partial charge on any atom is 0.327 e. The third-order valence-electron chi connectivity index (χ3n) is 5.05. The number of rotatable bonds is 10. The molecule has 0 fully saturated rings. The third kappa shape index (κ3) is 5.65.